The van der Waals surface area contributed by atoms with Crippen LogP contribution in [0.2, 0.25) is 0 Å². The monoisotopic (exact) mass is 328 g/mol. The van der Waals surface area contributed by atoms with E-state index in [9.17, 15) is 9.59 Å². The lowest BCUT2D eigenvalue weighted by Gasteiger charge is -2.07. The van der Waals surface area contributed by atoms with Crippen molar-refractivity contribution in [2.24, 2.45) is 11.5 Å². The van der Waals surface area contributed by atoms with Gasteiger partial charge in [0.15, 0.2) is 0 Å². The van der Waals surface area contributed by atoms with Gasteiger partial charge in [0.05, 0.1) is 0 Å². The molecule has 0 atom stereocenters. The van der Waals surface area contributed by atoms with Crippen LogP contribution in [0.3, 0.4) is 0 Å². The second-order valence-corrected chi connectivity index (χ2v) is 4.92. The molecule has 0 spiro atoms. The van der Waals surface area contributed by atoms with Crippen molar-refractivity contribution < 1.29 is 9.59 Å². The van der Waals surface area contributed by atoms with Gasteiger partial charge in [-0.3, -0.25) is 4.79 Å². The van der Waals surface area contributed by atoms with Crippen molar-refractivity contribution in [1.82, 2.24) is 5.32 Å². The van der Waals surface area contributed by atoms with Crippen LogP contribution >= 0.6 is 12.4 Å². The van der Waals surface area contributed by atoms with E-state index in [0.717, 1.165) is 31.2 Å². The Morgan fingerprint density at radius 1 is 1.00 bits per heavy atom. The van der Waals surface area contributed by atoms with Gasteiger partial charge in [-0.15, -0.1) is 12.4 Å². The predicted octanol–water partition coefficient (Wildman–Crippen LogP) is 2.12. The highest BCUT2D eigenvalue weighted by Crippen LogP contribution is 2.09. The van der Waals surface area contributed by atoms with Gasteiger partial charge in [0.25, 0.3) is 0 Å². The van der Waals surface area contributed by atoms with Crippen LogP contribution in [0.1, 0.15) is 37.7 Å². The Bertz CT molecular complexity index is 451. The molecule has 124 valence electrons. The van der Waals surface area contributed by atoms with Gasteiger partial charge in [0, 0.05) is 18.7 Å². The maximum atomic E-state index is 11.7. The molecule has 6 N–H and O–H groups in total. The molecule has 3 amide bonds. The van der Waals surface area contributed by atoms with Crippen LogP contribution in [-0.4, -0.2) is 18.5 Å². The summed E-state index contributed by atoms with van der Waals surface area (Å²) in [6, 6.07) is 6.59. The van der Waals surface area contributed by atoms with Gasteiger partial charge in [0.1, 0.15) is 0 Å². The highest BCUT2D eigenvalue weighted by molar-refractivity contribution is 5.87. The third kappa shape index (κ3) is 9.20. The molecule has 0 bridgehead atoms. The van der Waals surface area contributed by atoms with E-state index >= 15 is 0 Å². The Kier molecular flexibility index (Phi) is 10.9. The highest BCUT2D eigenvalue weighted by Gasteiger charge is 2.02. The quantitative estimate of drug-likeness (QED) is 0.521. The van der Waals surface area contributed by atoms with Crippen molar-refractivity contribution in [2.45, 2.75) is 38.6 Å². The zero-order valence-electron chi connectivity index (χ0n) is 12.6. The lowest BCUT2D eigenvalue weighted by Crippen LogP contribution is -2.22. The van der Waals surface area contributed by atoms with E-state index in [2.05, 4.69) is 10.6 Å². The van der Waals surface area contributed by atoms with Gasteiger partial charge in [-0.1, -0.05) is 25.0 Å². The van der Waals surface area contributed by atoms with Crippen molar-refractivity contribution in [3.8, 4) is 0 Å². The highest BCUT2D eigenvalue weighted by atomic mass is 35.5. The van der Waals surface area contributed by atoms with Crippen LogP contribution in [0.4, 0.5) is 10.5 Å². The van der Waals surface area contributed by atoms with Crippen molar-refractivity contribution in [3.05, 3.63) is 29.8 Å². The minimum Gasteiger partial charge on any atom is -0.352 e. The van der Waals surface area contributed by atoms with E-state index in [1.54, 1.807) is 12.1 Å². The van der Waals surface area contributed by atoms with Gasteiger partial charge < -0.3 is 22.1 Å². The normalized spacial score (nSPS) is 9.68. The number of primary amides is 1. The van der Waals surface area contributed by atoms with Crippen LogP contribution in [0.25, 0.3) is 0 Å². The fraction of sp³-hybridized carbons (Fsp3) is 0.467. The first kappa shape index (κ1) is 20.2. The molecule has 0 aromatic heterocycles. The van der Waals surface area contributed by atoms with Crippen LogP contribution in [0.15, 0.2) is 24.3 Å². The van der Waals surface area contributed by atoms with Crippen molar-refractivity contribution >= 4 is 30.0 Å². The number of benzene rings is 1. The number of halogens is 1. The van der Waals surface area contributed by atoms with E-state index in [0.29, 0.717) is 25.2 Å². The zero-order chi connectivity index (χ0) is 15.5. The summed E-state index contributed by atoms with van der Waals surface area (Å²) < 4.78 is 0. The molecule has 7 heteroatoms. The van der Waals surface area contributed by atoms with Gasteiger partial charge in [0.2, 0.25) is 5.91 Å². The van der Waals surface area contributed by atoms with Crippen molar-refractivity contribution in [3.63, 3.8) is 0 Å². The molecule has 0 aliphatic rings. The molecule has 0 radical (unpaired) electrons. The van der Waals surface area contributed by atoms with E-state index in [-0.39, 0.29) is 18.3 Å². The molecule has 0 saturated carbocycles. The molecule has 0 heterocycles. The largest absolute Gasteiger partial charge is 0.352 e. The smallest absolute Gasteiger partial charge is 0.316 e. The molecule has 0 aliphatic heterocycles. The lowest BCUT2D eigenvalue weighted by atomic mass is 10.1. The average Bonchev–Trinajstić information content (AvgIpc) is 2.46. The Hall–Kier alpha value is -1.79. The Balaban J connectivity index is 0.00000441. The standard InChI is InChI=1S/C15H24N4O2.ClH/c16-10-4-2-1-3-5-14(20)18-11-12-6-8-13(9-7-12)19-15(17)21;/h6-9H,1-5,10-11,16H2,(H,18,20)(H3,17,19,21);1H. The maximum Gasteiger partial charge on any atom is 0.316 e. The Morgan fingerprint density at radius 3 is 2.23 bits per heavy atom. The molecule has 0 unspecified atom stereocenters. The van der Waals surface area contributed by atoms with Crippen LogP contribution in [0.5, 0.6) is 0 Å². The molecule has 0 aliphatic carbocycles. The van der Waals surface area contributed by atoms with E-state index in [1.807, 2.05) is 12.1 Å². The molecule has 22 heavy (non-hydrogen) atoms. The molecular weight excluding hydrogens is 304 g/mol. The summed E-state index contributed by atoms with van der Waals surface area (Å²) in [5, 5.41) is 5.36. The minimum atomic E-state index is -0.592. The van der Waals surface area contributed by atoms with Gasteiger partial charge in [-0.25, -0.2) is 4.79 Å². The topological polar surface area (TPSA) is 110 Å². The first-order valence-electron chi connectivity index (χ1n) is 7.24. The van der Waals surface area contributed by atoms with Crippen LogP contribution in [0, 0.1) is 0 Å². The first-order chi connectivity index (χ1) is 10.1. The molecule has 1 rings (SSSR count). The van der Waals surface area contributed by atoms with E-state index < -0.39 is 6.03 Å². The summed E-state index contributed by atoms with van der Waals surface area (Å²) in [7, 11) is 0. The average molecular weight is 329 g/mol. The van der Waals surface area contributed by atoms with E-state index in [4.69, 9.17) is 11.5 Å². The van der Waals surface area contributed by atoms with Gasteiger partial charge in [-0.05, 0) is 37.1 Å². The third-order valence-electron chi connectivity index (χ3n) is 3.07. The lowest BCUT2D eigenvalue weighted by molar-refractivity contribution is -0.121. The van der Waals surface area contributed by atoms with Gasteiger partial charge >= 0.3 is 6.03 Å². The summed E-state index contributed by atoms with van der Waals surface area (Å²) in [5.41, 5.74) is 12.0. The number of amides is 3. The molecule has 0 fully saturated rings. The van der Waals surface area contributed by atoms with Gasteiger partial charge in [-0.2, -0.15) is 0 Å². The number of urea groups is 1. The SMILES string of the molecule is Cl.NCCCCCCC(=O)NCc1ccc(NC(N)=O)cc1. The summed E-state index contributed by atoms with van der Waals surface area (Å²) in [5.74, 6) is 0.0575. The molecule has 1 aromatic carbocycles. The molecule has 0 saturated heterocycles. The second kappa shape index (κ2) is 11.8. The molecule has 1 aromatic rings. The summed E-state index contributed by atoms with van der Waals surface area (Å²) in [4.78, 5) is 22.3. The number of nitrogens with one attached hydrogen (secondary N) is 2. The summed E-state index contributed by atoms with van der Waals surface area (Å²) in [6.45, 7) is 1.20. The second-order valence-electron chi connectivity index (χ2n) is 4.92. The fourth-order valence-electron chi connectivity index (χ4n) is 1.92. The Labute approximate surface area is 137 Å². The van der Waals surface area contributed by atoms with E-state index in [1.165, 1.54) is 0 Å². The number of unbranched alkanes of at least 4 members (excludes halogenated alkanes) is 3. The number of carbonyl (C=O) groups excluding carboxylic acids is 2. The number of nitrogens with two attached hydrogens (primary N) is 2. The number of anilines is 1. The molecular formula is C15H25ClN4O2. The number of rotatable bonds is 9. The first-order valence-corrected chi connectivity index (χ1v) is 7.24. The van der Waals surface area contributed by atoms with Crippen molar-refractivity contribution in [2.75, 3.05) is 11.9 Å². The molecule has 6 nitrogen and oxygen atoms in total. The predicted molar refractivity (Wildman–Crippen MR) is 90.9 cm³/mol. The minimum absolute atomic E-state index is 0. The number of hydrogen-bond donors (Lipinski definition) is 4. The number of hydrogen-bond acceptors (Lipinski definition) is 3. The summed E-state index contributed by atoms with van der Waals surface area (Å²) in [6.07, 6.45) is 4.59. The third-order valence-corrected chi connectivity index (χ3v) is 3.07. The number of carbonyl (C=O) groups is 2. The zero-order valence-corrected chi connectivity index (χ0v) is 13.5. The summed E-state index contributed by atoms with van der Waals surface area (Å²) >= 11 is 0. The maximum absolute atomic E-state index is 11.7. The van der Waals surface area contributed by atoms with Crippen molar-refractivity contribution in [1.29, 1.82) is 0 Å². The fourth-order valence-corrected chi connectivity index (χ4v) is 1.92. The van der Waals surface area contributed by atoms with Crippen LogP contribution in [-0.2, 0) is 11.3 Å². The Morgan fingerprint density at radius 2 is 1.64 bits per heavy atom. The van der Waals surface area contributed by atoms with Crippen LogP contribution < -0.4 is 22.1 Å².